The fraction of sp³-hybridized carbons (Fsp3) is 0.778. The Labute approximate surface area is 77.2 Å². The lowest BCUT2D eigenvalue weighted by Crippen LogP contribution is -2.48. The summed E-state index contributed by atoms with van der Waals surface area (Å²) in [6.07, 6.45) is -0.729. The Kier molecular flexibility index (Phi) is 2.32. The van der Waals surface area contributed by atoms with Crippen LogP contribution < -0.4 is 0 Å². The maximum absolute atomic E-state index is 11.3. The molecule has 1 saturated heterocycles. The topological polar surface area (TPSA) is 52.6 Å². The van der Waals surface area contributed by atoms with E-state index in [-0.39, 0.29) is 5.92 Å². The third-order valence-corrected chi connectivity index (χ3v) is 2.01. The molecular weight excluding hydrogens is 172 g/mol. The Bertz CT molecular complexity index is 222. The second-order valence-corrected chi connectivity index (χ2v) is 4.05. The predicted molar refractivity (Wildman–Crippen MR) is 44.6 cm³/mol. The van der Waals surface area contributed by atoms with E-state index in [4.69, 9.17) is 9.47 Å². The molecule has 0 bridgehead atoms. The van der Waals surface area contributed by atoms with Crippen LogP contribution >= 0.6 is 0 Å². The van der Waals surface area contributed by atoms with E-state index in [1.54, 1.807) is 0 Å². The molecule has 0 saturated carbocycles. The molecule has 4 heteroatoms. The fourth-order valence-corrected chi connectivity index (χ4v) is 0.885. The van der Waals surface area contributed by atoms with Gasteiger partial charge in [0.05, 0.1) is 0 Å². The molecule has 0 amide bonds. The van der Waals surface area contributed by atoms with Crippen LogP contribution in [0.5, 0.6) is 0 Å². The number of esters is 2. The van der Waals surface area contributed by atoms with E-state index < -0.39 is 23.6 Å². The number of hydrogen-bond acceptors (Lipinski definition) is 4. The summed E-state index contributed by atoms with van der Waals surface area (Å²) >= 11 is 0. The Morgan fingerprint density at radius 2 is 1.54 bits per heavy atom. The van der Waals surface area contributed by atoms with E-state index in [0.29, 0.717) is 0 Å². The van der Waals surface area contributed by atoms with Crippen molar-refractivity contribution in [2.75, 3.05) is 0 Å². The van der Waals surface area contributed by atoms with Gasteiger partial charge in [0.2, 0.25) is 6.29 Å². The van der Waals surface area contributed by atoms with Crippen molar-refractivity contribution in [2.45, 2.75) is 34.0 Å². The number of rotatable bonds is 1. The van der Waals surface area contributed by atoms with Crippen LogP contribution in [0.3, 0.4) is 0 Å². The fourth-order valence-electron chi connectivity index (χ4n) is 0.885. The SMILES string of the molecule is CC(C)C1OC(=O)C(C)(C)C(=O)O1. The van der Waals surface area contributed by atoms with Gasteiger partial charge in [0, 0.05) is 5.92 Å². The number of hydrogen-bond donors (Lipinski definition) is 0. The highest BCUT2D eigenvalue weighted by Crippen LogP contribution is 2.28. The van der Waals surface area contributed by atoms with Crippen LogP contribution in [0.2, 0.25) is 0 Å². The number of carbonyl (C=O) groups is 2. The van der Waals surface area contributed by atoms with Gasteiger partial charge in [-0.15, -0.1) is 0 Å². The summed E-state index contributed by atoms with van der Waals surface area (Å²) in [4.78, 5) is 22.6. The molecule has 0 atom stereocenters. The average molecular weight is 186 g/mol. The molecule has 0 unspecified atom stereocenters. The summed E-state index contributed by atoms with van der Waals surface area (Å²) in [5, 5.41) is 0. The molecule has 4 nitrogen and oxygen atoms in total. The normalized spacial score (nSPS) is 22.8. The van der Waals surface area contributed by atoms with E-state index in [9.17, 15) is 9.59 Å². The predicted octanol–water partition coefficient (Wildman–Crippen LogP) is 1.09. The van der Waals surface area contributed by atoms with E-state index in [2.05, 4.69) is 0 Å². The minimum atomic E-state index is -1.16. The molecular formula is C9H14O4. The zero-order chi connectivity index (χ0) is 10.2. The summed E-state index contributed by atoms with van der Waals surface area (Å²) < 4.78 is 9.90. The lowest BCUT2D eigenvalue weighted by Gasteiger charge is -2.33. The molecule has 0 aliphatic carbocycles. The minimum absolute atomic E-state index is 0.0102. The highest BCUT2D eigenvalue weighted by molar-refractivity contribution is 6.00. The summed E-state index contributed by atoms with van der Waals surface area (Å²) in [5.41, 5.74) is -1.16. The first-order valence-corrected chi connectivity index (χ1v) is 4.28. The number of ether oxygens (including phenoxy) is 2. The Morgan fingerprint density at radius 3 is 1.85 bits per heavy atom. The van der Waals surface area contributed by atoms with Crippen molar-refractivity contribution in [3.63, 3.8) is 0 Å². The molecule has 74 valence electrons. The van der Waals surface area contributed by atoms with Gasteiger partial charge in [0.15, 0.2) is 5.41 Å². The van der Waals surface area contributed by atoms with Crippen molar-refractivity contribution in [1.29, 1.82) is 0 Å². The van der Waals surface area contributed by atoms with Gasteiger partial charge >= 0.3 is 11.9 Å². The highest BCUT2D eigenvalue weighted by atomic mass is 16.7. The Hall–Kier alpha value is -1.06. The second kappa shape index (κ2) is 3.01. The second-order valence-electron chi connectivity index (χ2n) is 4.05. The summed E-state index contributed by atoms with van der Waals surface area (Å²) in [6.45, 7) is 6.63. The van der Waals surface area contributed by atoms with Crippen LogP contribution in [-0.4, -0.2) is 18.2 Å². The average Bonchev–Trinajstić information content (AvgIpc) is 2.00. The molecule has 0 aromatic carbocycles. The number of cyclic esters (lactones) is 2. The van der Waals surface area contributed by atoms with Crippen molar-refractivity contribution in [3.8, 4) is 0 Å². The van der Waals surface area contributed by atoms with Crippen molar-refractivity contribution in [3.05, 3.63) is 0 Å². The van der Waals surface area contributed by atoms with Crippen LogP contribution in [0.15, 0.2) is 0 Å². The molecule has 0 radical (unpaired) electrons. The van der Waals surface area contributed by atoms with Gasteiger partial charge in [-0.2, -0.15) is 0 Å². The minimum Gasteiger partial charge on any atom is -0.424 e. The first kappa shape index (κ1) is 10.0. The quantitative estimate of drug-likeness (QED) is 0.454. The van der Waals surface area contributed by atoms with Crippen molar-refractivity contribution >= 4 is 11.9 Å². The Balaban J connectivity index is 2.80. The molecule has 1 aliphatic heterocycles. The van der Waals surface area contributed by atoms with Crippen molar-refractivity contribution in [2.24, 2.45) is 11.3 Å². The third-order valence-electron chi connectivity index (χ3n) is 2.01. The summed E-state index contributed by atoms with van der Waals surface area (Å²) in [7, 11) is 0. The van der Waals surface area contributed by atoms with Gasteiger partial charge in [-0.25, -0.2) is 0 Å². The standard InChI is InChI=1S/C9H14O4/c1-5(2)6-12-7(10)9(3,4)8(11)13-6/h5-6H,1-4H3. The smallest absolute Gasteiger partial charge is 0.325 e. The first-order chi connectivity index (χ1) is 5.85. The summed E-state index contributed by atoms with van der Waals surface area (Å²) in [6, 6.07) is 0. The van der Waals surface area contributed by atoms with Gasteiger partial charge in [-0.05, 0) is 13.8 Å². The maximum Gasteiger partial charge on any atom is 0.325 e. The monoisotopic (exact) mass is 186 g/mol. The van der Waals surface area contributed by atoms with E-state index >= 15 is 0 Å². The van der Waals surface area contributed by atoms with Gasteiger partial charge in [0.1, 0.15) is 0 Å². The zero-order valence-corrected chi connectivity index (χ0v) is 8.29. The largest absolute Gasteiger partial charge is 0.424 e. The van der Waals surface area contributed by atoms with Crippen LogP contribution in [0.1, 0.15) is 27.7 Å². The third kappa shape index (κ3) is 1.66. The van der Waals surface area contributed by atoms with E-state index in [1.165, 1.54) is 13.8 Å². The number of carbonyl (C=O) groups excluding carboxylic acids is 2. The maximum atomic E-state index is 11.3. The molecule has 1 rings (SSSR count). The van der Waals surface area contributed by atoms with Gasteiger partial charge in [-0.1, -0.05) is 13.8 Å². The highest BCUT2D eigenvalue weighted by Gasteiger charge is 2.46. The van der Waals surface area contributed by atoms with Crippen LogP contribution in [-0.2, 0) is 19.1 Å². The zero-order valence-electron chi connectivity index (χ0n) is 8.29. The van der Waals surface area contributed by atoms with Gasteiger partial charge in [-0.3, -0.25) is 9.59 Å². The molecule has 0 aromatic heterocycles. The van der Waals surface area contributed by atoms with Crippen molar-refractivity contribution in [1.82, 2.24) is 0 Å². The van der Waals surface area contributed by atoms with Crippen LogP contribution in [0.4, 0.5) is 0 Å². The van der Waals surface area contributed by atoms with Crippen LogP contribution in [0, 0.1) is 11.3 Å². The summed E-state index contributed by atoms with van der Waals surface area (Å²) in [5.74, 6) is -1.03. The molecule has 0 N–H and O–H groups in total. The van der Waals surface area contributed by atoms with Crippen molar-refractivity contribution < 1.29 is 19.1 Å². The molecule has 1 heterocycles. The molecule has 1 fully saturated rings. The van der Waals surface area contributed by atoms with E-state index in [1.807, 2.05) is 13.8 Å². The van der Waals surface area contributed by atoms with Gasteiger partial charge in [0.25, 0.3) is 0 Å². The lowest BCUT2D eigenvalue weighted by molar-refractivity contribution is -0.228. The Morgan fingerprint density at radius 1 is 1.15 bits per heavy atom. The molecule has 13 heavy (non-hydrogen) atoms. The molecule has 1 aliphatic rings. The lowest BCUT2D eigenvalue weighted by atomic mass is 9.93. The molecule has 0 aromatic rings. The molecule has 0 spiro atoms. The first-order valence-electron chi connectivity index (χ1n) is 4.28. The van der Waals surface area contributed by atoms with E-state index in [0.717, 1.165) is 0 Å². The van der Waals surface area contributed by atoms with Gasteiger partial charge < -0.3 is 9.47 Å². The van der Waals surface area contributed by atoms with Crippen LogP contribution in [0.25, 0.3) is 0 Å².